The van der Waals surface area contributed by atoms with Crippen molar-refractivity contribution in [1.82, 2.24) is 20.4 Å². The summed E-state index contributed by atoms with van der Waals surface area (Å²) in [6.45, 7) is 11.3. The van der Waals surface area contributed by atoms with E-state index in [0.29, 0.717) is 32.1 Å². The lowest BCUT2D eigenvalue weighted by Crippen LogP contribution is -2.50. The van der Waals surface area contributed by atoms with E-state index in [1.165, 1.54) is 5.56 Å². The van der Waals surface area contributed by atoms with E-state index in [2.05, 4.69) is 44.7 Å². The molecule has 0 bridgehead atoms. The van der Waals surface area contributed by atoms with Gasteiger partial charge in [0.15, 0.2) is 0 Å². The van der Waals surface area contributed by atoms with Crippen molar-refractivity contribution in [2.75, 3.05) is 45.9 Å². The van der Waals surface area contributed by atoms with Crippen LogP contribution in [0.4, 0.5) is 4.79 Å². The predicted octanol–water partition coefficient (Wildman–Crippen LogP) is 1.60. The number of ether oxygens (including phenoxy) is 2. The van der Waals surface area contributed by atoms with E-state index in [9.17, 15) is 9.59 Å². The van der Waals surface area contributed by atoms with Gasteiger partial charge in [-0.05, 0) is 26.3 Å². The molecule has 172 valence electrons. The normalized spacial score (nSPS) is 22.0. The zero-order valence-electron chi connectivity index (χ0n) is 18.9. The first-order chi connectivity index (χ1) is 14.8. The fourth-order valence-electron chi connectivity index (χ4n) is 4.06. The first-order valence-electron chi connectivity index (χ1n) is 11.2. The van der Waals surface area contributed by atoms with Crippen molar-refractivity contribution in [3.63, 3.8) is 0 Å². The van der Waals surface area contributed by atoms with E-state index in [1.807, 2.05) is 26.8 Å². The molecule has 1 aromatic carbocycles. The third-order valence-corrected chi connectivity index (χ3v) is 5.49. The number of hydrogen-bond donors (Lipinski definition) is 2. The fourth-order valence-corrected chi connectivity index (χ4v) is 4.06. The van der Waals surface area contributed by atoms with Gasteiger partial charge in [0, 0.05) is 52.2 Å². The van der Waals surface area contributed by atoms with Crippen LogP contribution < -0.4 is 10.6 Å². The zero-order valence-corrected chi connectivity index (χ0v) is 18.9. The minimum absolute atomic E-state index is 0.0112. The van der Waals surface area contributed by atoms with E-state index in [1.54, 1.807) is 0 Å². The molecule has 2 fully saturated rings. The second-order valence-electron chi connectivity index (χ2n) is 9.22. The lowest BCUT2D eigenvalue weighted by Gasteiger charge is -2.37. The topological polar surface area (TPSA) is 83.1 Å². The fraction of sp³-hybridized carbons (Fsp3) is 0.652. The number of carbonyl (C=O) groups is 2. The van der Waals surface area contributed by atoms with Crippen LogP contribution in [0.2, 0.25) is 0 Å². The van der Waals surface area contributed by atoms with Gasteiger partial charge in [-0.25, -0.2) is 4.79 Å². The molecular formula is C23H36N4O4. The molecule has 2 aliphatic heterocycles. The van der Waals surface area contributed by atoms with Crippen molar-refractivity contribution in [2.45, 2.75) is 51.5 Å². The molecule has 2 saturated heterocycles. The molecule has 0 aliphatic carbocycles. The van der Waals surface area contributed by atoms with Crippen LogP contribution >= 0.6 is 0 Å². The molecule has 0 aromatic heterocycles. The molecule has 0 radical (unpaired) electrons. The Morgan fingerprint density at radius 2 is 1.87 bits per heavy atom. The van der Waals surface area contributed by atoms with Gasteiger partial charge < -0.3 is 20.1 Å². The molecule has 8 nitrogen and oxygen atoms in total. The van der Waals surface area contributed by atoms with E-state index in [-0.39, 0.29) is 12.0 Å². The molecule has 2 atom stereocenters. The van der Waals surface area contributed by atoms with Gasteiger partial charge >= 0.3 is 6.09 Å². The van der Waals surface area contributed by atoms with Crippen LogP contribution in [0.1, 0.15) is 32.8 Å². The largest absolute Gasteiger partial charge is 0.444 e. The van der Waals surface area contributed by atoms with Crippen LogP contribution in [0.25, 0.3) is 0 Å². The number of likely N-dealkylation sites (tertiary alicyclic amines) is 1. The van der Waals surface area contributed by atoms with Gasteiger partial charge in [0.1, 0.15) is 5.60 Å². The first-order valence-corrected chi connectivity index (χ1v) is 11.2. The van der Waals surface area contributed by atoms with Crippen LogP contribution in [-0.2, 0) is 20.8 Å². The van der Waals surface area contributed by atoms with Crippen LogP contribution in [-0.4, -0.2) is 85.4 Å². The van der Waals surface area contributed by atoms with Gasteiger partial charge in [-0.15, -0.1) is 0 Å². The smallest absolute Gasteiger partial charge is 0.407 e. The van der Waals surface area contributed by atoms with Gasteiger partial charge in [0.05, 0.1) is 18.8 Å². The number of nitrogens with one attached hydrogen (secondary N) is 2. The van der Waals surface area contributed by atoms with E-state index < -0.39 is 11.7 Å². The maximum Gasteiger partial charge on any atom is 0.407 e. The maximum absolute atomic E-state index is 12.2. The molecule has 0 saturated carbocycles. The van der Waals surface area contributed by atoms with E-state index in [4.69, 9.17) is 9.47 Å². The summed E-state index contributed by atoms with van der Waals surface area (Å²) in [7, 11) is 0. The molecule has 0 spiro atoms. The predicted molar refractivity (Wildman–Crippen MR) is 119 cm³/mol. The Kier molecular flexibility index (Phi) is 8.28. The first kappa shape index (κ1) is 23.5. The standard InChI is InChI=1S/C23H36N4O4/c1-23(2,3)31-22(29)25-11-10-24-21(28)9-12-26-16-19-20(17-26)30-14-13-27(19)15-18-7-5-4-6-8-18/h4-8,19-20H,9-17H2,1-3H3,(H,24,28)(H,25,29)/t19-,20-/m1/s1. The number of carbonyl (C=O) groups excluding carboxylic acids is 2. The molecule has 2 heterocycles. The summed E-state index contributed by atoms with van der Waals surface area (Å²) in [6.07, 6.45) is 0.171. The average Bonchev–Trinajstić information content (AvgIpc) is 3.13. The SMILES string of the molecule is CC(C)(C)OC(=O)NCCNC(=O)CCN1C[C@@H]2[C@@H](C1)OCCN2Cc1ccccc1. The van der Waals surface area contributed by atoms with Crippen LogP contribution in [0.3, 0.4) is 0 Å². The summed E-state index contributed by atoms with van der Waals surface area (Å²) in [5.41, 5.74) is 0.793. The van der Waals surface area contributed by atoms with Crippen LogP contribution in [0.15, 0.2) is 30.3 Å². The Balaban J connectivity index is 1.34. The van der Waals surface area contributed by atoms with Crippen LogP contribution in [0.5, 0.6) is 0 Å². The molecule has 31 heavy (non-hydrogen) atoms. The Bertz CT molecular complexity index is 722. The maximum atomic E-state index is 12.2. The number of benzene rings is 1. The molecule has 8 heteroatoms. The molecule has 2 amide bonds. The number of nitrogens with zero attached hydrogens (tertiary/aromatic N) is 2. The molecule has 0 unspecified atom stereocenters. The van der Waals surface area contributed by atoms with Crippen molar-refractivity contribution in [3.05, 3.63) is 35.9 Å². The van der Waals surface area contributed by atoms with E-state index in [0.717, 1.165) is 32.8 Å². The summed E-state index contributed by atoms with van der Waals surface area (Å²) in [5, 5.41) is 5.49. The third-order valence-electron chi connectivity index (χ3n) is 5.49. The molecule has 3 rings (SSSR count). The summed E-state index contributed by atoms with van der Waals surface area (Å²) >= 11 is 0. The van der Waals surface area contributed by atoms with Gasteiger partial charge in [0.25, 0.3) is 0 Å². The lowest BCUT2D eigenvalue weighted by molar-refractivity contribution is -0.121. The van der Waals surface area contributed by atoms with Gasteiger partial charge in [-0.2, -0.15) is 0 Å². The Labute approximate surface area is 185 Å². The number of alkyl carbamates (subject to hydrolysis) is 1. The monoisotopic (exact) mass is 432 g/mol. The summed E-state index contributed by atoms with van der Waals surface area (Å²) < 4.78 is 11.2. The third kappa shape index (κ3) is 7.79. The second-order valence-corrected chi connectivity index (χ2v) is 9.22. The highest BCUT2D eigenvalue weighted by atomic mass is 16.6. The van der Waals surface area contributed by atoms with Gasteiger partial charge in [-0.3, -0.25) is 14.6 Å². The highest BCUT2D eigenvalue weighted by Gasteiger charge is 2.39. The quantitative estimate of drug-likeness (QED) is 0.608. The molecule has 1 aromatic rings. The number of amides is 2. The highest BCUT2D eigenvalue weighted by Crippen LogP contribution is 2.24. The molecule has 2 aliphatic rings. The second kappa shape index (κ2) is 10.9. The van der Waals surface area contributed by atoms with Gasteiger partial charge in [-0.1, -0.05) is 30.3 Å². The number of fused-ring (bicyclic) bond motifs is 1. The Hall–Kier alpha value is -2.16. The van der Waals surface area contributed by atoms with Gasteiger partial charge in [0.2, 0.25) is 5.91 Å². The molecular weight excluding hydrogens is 396 g/mol. The summed E-state index contributed by atoms with van der Waals surface area (Å²) in [5.74, 6) is -0.0112. The highest BCUT2D eigenvalue weighted by molar-refractivity contribution is 5.76. The van der Waals surface area contributed by atoms with Crippen molar-refractivity contribution < 1.29 is 19.1 Å². The summed E-state index contributed by atoms with van der Waals surface area (Å²) in [6, 6.07) is 10.9. The number of hydrogen-bond acceptors (Lipinski definition) is 6. The van der Waals surface area contributed by atoms with Crippen molar-refractivity contribution in [2.24, 2.45) is 0 Å². The Morgan fingerprint density at radius 1 is 1.13 bits per heavy atom. The minimum atomic E-state index is -0.527. The zero-order chi connectivity index (χ0) is 22.3. The average molecular weight is 433 g/mol. The van der Waals surface area contributed by atoms with E-state index >= 15 is 0 Å². The Morgan fingerprint density at radius 3 is 2.61 bits per heavy atom. The lowest BCUT2D eigenvalue weighted by atomic mass is 10.1. The summed E-state index contributed by atoms with van der Waals surface area (Å²) in [4.78, 5) is 28.6. The molecule has 2 N–H and O–H groups in total. The van der Waals surface area contributed by atoms with Crippen molar-refractivity contribution in [1.29, 1.82) is 0 Å². The van der Waals surface area contributed by atoms with Crippen molar-refractivity contribution >= 4 is 12.0 Å². The van der Waals surface area contributed by atoms with Crippen molar-refractivity contribution in [3.8, 4) is 0 Å². The number of morpholine rings is 1. The minimum Gasteiger partial charge on any atom is -0.444 e. The van der Waals surface area contributed by atoms with Crippen LogP contribution in [0, 0.1) is 0 Å². The number of rotatable bonds is 8.